The summed E-state index contributed by atoms with van der Waals surface area (Å²) in [5.74, 6) is 0.650. The van der Waals surface area contributed by atoms with Gasteiger partial charge >= 0.3 is 0 Å². The number of unbranched alkanes of at least 4 members (excludes halogenated alkanes) is 1. The van der Waals surface area contributed by atoms with E-state index >= 15 is 0 Å². The van der Waals surface area contributed by atoms with Gasteiger partial charge in [0.1, 0.15) is 0 Å². The summed E-state index contributed by atoms with van der Waals surface area (Å²) < 4.78 is 5.56. The number of rotatable bonds is 10. The van der Waals surface area contributed by atoms with Crippen molar-refractivity contribution in [1.82, 2.24) is 0 Å². The molecule has 96 valence electrons. The SMILES string of the molecule is C=C(C)CC(O)COCC(CC)CCCC. The summed E-state index contributed by atoms with van der Waals surface area (Å²) in [6.45, 7) is 11.3. The third kappa shape index (κ3) is 8.93. The van der Waals surface area contributed by atoms with E-state index in [1.165, 1.54) is 19.3 Å². The molecule has 0 aromatic heterocycles. The van der Waals surface area contributed by atoms with Crippen molar-refractivity contribution in [2.45, 2.75) is 59.0 Å². The Bertz CT molecular complexity index is 178. The Balaban J connectivity index is 3.56. The number of ether oxygens (including phenoxy) is 1. The molecule has 0 saturated carbocycles. The van der Waals surface area contributed by atoms with Crippen LogP contribution in [-0.2, 0) is 4.74 Å². The van der Waals surface area contributed by atoms with E-state index < -0.39 is 0 Å². The van der Waals surface area contributed by atoms with E-state index in [9.17, 15) is 5.11 Å². The Hall–Kier alpha value is -0.340. The molecular weight excluding hydrogens is 200 g/mol. The molecule has 0 rings (SSSR count). The summed E-state index contributed by atoms with van der Waals surface area (Å²) >= 11 is 0. The molecule has 0 aromatic carbocycles. The monoisotopic (exact) mass is 228 g/mol. The lowest BCUT2D eigenvalue weighted by atomic mass is 10.0. The molecule has 0 aromatic rings. The molecule has 0 aliphatic heterocycles. The van der Waals surface area contributed by atoms with Gasteiger partial charge in [0.15, 0.2) is 0 Å². The highest BCUT2D eigenvalue weighted by Gasteiger charge is 2.08. The van der Waals surface area contributed by atoms with Crippen molar-refractivity contribution in [2.75, 3.05) is 13.2 Å². The predicted octanol–water partition coefficient (Wildman–Crippen LogP) is 3.55. The molecule has 0 aliphatic rings. The Kier molecular flexibility index (Phi) is 9.65. The third-order valence-electron chi connectivity index (χ3n) is 2.79. The molecule has 0 bridgehead atoms. The van der Waals surface area contributed by atoms with Crippen LogP contribution >= 0.6 is 0 Å². The van der Waals surface area contributed by atoms with E-state index in [4.69, 9.17) is 4.74 Å². The van der Waals surface area contributed by atoms with Crippen LogP contribution in [0.5, 0.6) is 0 Å². The van der Waals surface area contributed by atoms with Gasteiger partial charge in [-0.25, -0.2) is 0 Å². The summed E-state index contributed by atoms with van der Waals surface area (Å²) in [6, 6.07) is 0. The van der Waals surface area contributed by atoms with E-state index in [1.807, 2.05) is 6.92 Å². The van der Waals surface area contributed by atoms with Crippen molar-refractivity contribution in [3.63, 3.8) is 0 Å². The van der Waals surface area contributed by atoms with E-state index in [2.05, 4.69) is 20.4 Å². The highest BCUT2D eigenvalue weighted by atomic mass is 16.5. The van der Waals surface area contributed by atoms with Crippen LogP contribution in [-0.4, -0.2) is 24.4 Å². The van der Waals surface area contributed by atoms with Gasteiger partial charge in [0, 0.05) is 6.61 Å². The standard InChI is InChI=1S/C14H28O2/c1-5-7-8-13(6-2)10-16-11-14(15)9-12(3)4/h13-15H,3,5-11H2,1-2,4H3. The van der Waals surface area contributed by atoms with Gasteiger partial charge in [-0.2, -0.15) is 0 Å². The van der Waals surface area contributed by atoms with Crippen LogP contribution in [0.2, 0.25) is 0 Å². The number of hydrogen-bond acceptors (Lipinski definition) is 2. The second-order valence-corrected chi connectivity index (χ2v) is 4.77. The van der Waals surface area contributed by atoms with Crippen LogP contribution in [0.3, 0.4) is 0 Å². The van der Waals surface area contributed by atoms with Crippen LogP contribution < -0.4 is 0 Å². The second-order valence-electron chi connectivity index (χ2n) is 4.77. The molecule has 2 heteroatoms. The summed E-state index contributed by atoms with van der Waals surface area (Å²) in [4.78, 5) is 0. The highest BCUT2D eigenvalue weighted by Crippen LogP contribution is 2.13. The van der Waals surface area contributed by atoms with Crippen molar-refractivity contribution in [3.8, 4) is 0 Å². The largest absolute Gasteiger partial charge is 0.390 e. The van der Waals surface area contributed by atoms with Crippen LogP contribution in [0.4, 0.5) is 0 Å². The fourth-order valence-electron chi connectivity index (χ4n) is 1.73. The molecule has 2 unspecified atom stereocenters. The van der Waals surface area contributed by atoms with Crippen LogP contribution in [0.25, 0.3) is 0 Å². The molecule has 0 fully saturated rings. The lowest BCUT2D eigenvalue weighted by Crippen LogP contribution is -2.18. The number of aliphatic hydroxyl groups is 1. The Morgan fingerprint density at radius 1 is 1.31 bits per heavy atom. The minimum atomic E-state index is -0.388. The van der Waals surface area contributed by atoms with Crippen LogP contribution in [0.1, 0.15) is 52.9 Å². The predicted molar refractivity (Wildman–Crippen MR) is 69.6 cm³/mol. The molecule has 0 aliphatic carbocycles. The summed E-state index contributed by atoms with van der Waals surface area (Å²) in [5.41, 5.74) is 1.01. The Labute approximate surface area is 101 Å². The van der Waals surface area contributed by atoms with E-state index in [1.54, 1.807) is 0 Å². The van der Waals surface area contributed by atoms with Gasteiger partial charge in [-0.15, -0.1) is 6.58 Å². The highest BCUT2D eigenvalue weighted by molar-refractivity contribution is 4.90. The van der Waals surface area contributed by atoms with Crippen molar-refractivity contribution in [1.29, 1.82) is 0 Å². The van der Waals surface area contributed by atoms with Crippen LogP contribution in [0.15, 0.2) is 12.2 Å². The first-order valence-electron chi connectivity index (χ1n) is 6.50. The maximum absolute atomic E-state index is 9.60. The van der Waals surface area contributed by atoms with Crippen molar-refractivity contribution in [3.05, 3.63) is 12.2 Å². The van der Waals surface area contributed by atoms with Gasteiger partial charge in [0.2, 0.25) is 0 Å². The summed E-state index contributed by atoms with van der Waals surface area (Å²) in [6.07, 6.45) is 5.18. The van der Waals surface area contributed by atoms with E-state index in [0.717, 1.165) is 18.6 Å². The van der Waals surface area contributed by atoms with Crippen molar-refractivity contribution < 1.29 is 9.84 Å². The van der Waals surface area contributed by atoms with Gasteiger partial charge in [0.25, 0.3) is 0 Å². The molecule has 0 spiro atoms. The lowest BCUT2D eigenvalue weighted by molar-refractivity contribution is 0.0193. The quantitative estimate of drug-likeness (QED) is 0.579. The molecule has 0 amide bonds. The molecule has 0 heterocycles. The molecular formula is C14H28O2. The Morgan fingerprint density at radius 3 is 2.50 bits per heavy atom. The summed E-state index contributed by atoms with van der Waals surface area (Å²) in [5, 5.41) is 9.60. The average molecular weight is 228 g/mol. The summed E-state index contributed by atoms with van der Waals surface area (Å²) in [7, 11) is 0. The third-order valence-corrected chi connectivity index (χ3v) is 2.79. The van der Waals surface area contributed by atoms with Crippen molar-refractivity contribution >= 4 is 0 Å². The molecule has 2 nitrogen and oxygen atoms in total. The van der Waals surface area contributed by atoms with Gasteiger partial charge in [-0.3, -0.25) is 0 Å². The topological polar surface area (TPSA) is 29.5 Å². The van der Waals surface area contributed by atoms with Gasteiger partial charge in [-0.05, 0) is 25.7 Å². The first kappa shape index (κ1) is 15.7. The van der Waals surface area contributed by atoms with Gasteiger partial charge < -0.3 is 9.84 Å². The van der Waals surface area contributed by atoms with Gasteiger partial charge in [-0.1, -0.05) is 38.7 Å². The zero-order chi connectivity index (χ0) is 12.4. The number of hydrogen-bond donors (Lipinski definition) is 1. The smallest absolute Gasteiger partial charge is 0.0810 e. The zero-order valence-corrected chi connectivity index (χ0v) is 11.2. The van der Waals surface area contributed by atoms with Crippen LogP contribution in [0, 0.1) is 5.92 Å². The normalized spacial score (nSPS) is 14.8. The minimum Gasteiger partial charge on any atom is -0.390 e. The second kappa shape index (κ2) is 9.86. The van der Waals surface area contributed by atoms with E-state index in [-0.39, 0.29) is 6.10 Å². The fourth-order valence-corrected chi connectivity index (χ4v) is 1.73. The Morgan fingerprint density at radius 2 is 2.00 bits per heavy atom. The van der Waals surface area contributed by atoms with Crippen molar-refractivity contribution in [2.24, 2.45) is 5.92 Å². The zero-order valence-electron chi connectivity index (χ0n) is 11.2. The first-order valence-corrected chi connectivity index (χ1v) is 6.50. The molecule has 1 N–H and O–H groups in total. The maximum atomic E-state index is 9.60. The fraction of sp³-hybridized carbons (Fsp3) is 0.857. The van der Waals surface area contributed by atoms with Gasteiger partial charge in [0.05, 0.1) is 12.7 Å². The number of aliphatic hydroxyl groups excluding tert-OH is 1. The maximum Gasteiger partial charge on any atom is 0.0810 e. The molecule has 0 saturated heterocycles. The lowest BCUT2D eigenvalue weighted by Gasteiger charge is -2.16. The first-order chi connectivity index (χ1) is 7.60. The minimum absolute atomic E-state index is 0.388. The molecule has 0 radical (unpaired) electrons. The van der Waals surface area contributed by atoms with E-state index in [0.29, 0.717) is 18.9 Å². The molecule has 16 heavy (non-hydrogen) atoms. The molecule has 2 atom stereocenters. The average Bonchev–Trinajstić information content (AvgIpc) is 2.22.